The minimum atomic E-state index is -0.527. The third-order valence-corrected chi connectivity index (χ3v) is 4.53. The van der Waals surface area contributed by atoms with Gasteiger partial charge in [-0.1, -0.05) is 0 Å². The average Bonchev–Trinajstić information content (AvgIpc) is 3.23. The minimum absolute atomic E-state index is 0.148. The van der Waals surface area contributed by atoms with Gasteiger partial charge in [0.1, 0.15) is 11.6 Å². The van der Waals surface area contributed by atoms with Crippen LogP contribution in [0.1, 0.15) is 17.3 Å². The molecule has 0 saturated carbocycles. The van der Waals surface area contributed by atoms with Crippen LogP contribution >= 0.6 is 0 Å². The number of hydrogen-bond acceptors (Lipinski definition) is 5. The predicted octanol–water partition coefficient (Wildman–Crippen LogP) is 3.50. The topological polar surface area (TPSA) is 85.6 Å². The lowest BCUT2D eigenvalue weighted by molar-refractivity contribution is 0.0936. The Morgan fingerprint density at radius 3 is 2.58 bits per heavy atom. The lowest BCUT2D eigenvalue weighted by Crippen LogP contribution is -2.36. The molecule has 1 aromatic carbocycles. The van der Waals surface area contributed by atoms with Crippen molar-refractivity contribution in [2.45, 2.75) is 19.5 Å². The van der Waals surface area contributed by atoms with Crippen LogP contribution in [0, 0.1) is 11.6 Å². The number of aromatic nitrogens is 5. The van der Waals surface area contributed by atoms with E-state index in [1.54, 1.807) is 41.6 Å². The molecule has 156 valence electrons. The van der Waals surface area contributed by atoms with E-state index < -0.39 is 17.5 Å². The Hall–Kier alpha value is -4.01. The van der Waals surface area contributed by atoms with Crippen molar-refractivity contribution in [3.05, 3.63) is 84.6 Å². The molecule has 0 bridgehead atoms. The van der Waals surface area contributed by atoms with Gasteiger partial charge in [0, 0.05) is 35.8 Å². The Bertz CT molecular complexity index is 1190. The first-order valence-electron chi connectivity index (χ1n) is 9.52. The largest absolute Gasteiger partial charge is 0.348 e. The fourth-order valence-corrected chi connectivity index (χ4v) is 3.11. The van der Waals surface area contributed by atoms with Crippen molar-refractivity contribution in [2.75, 3.05) is 0 Å². The zero-order valence-electron chi connectivity index (χ0n) is 16.5. The normalized spacial score (nSPS) is 11.8. The van der Waals surface area contributed by atoms with Gasteiger partial charge in [-0.3, -0.25) is 14.5 Å². The molecular formula is C22H18F2N6O. The van der Waals surface area contributed by atoms with Crippen molar-refractivity contribution in [2.24, 2.45) is 0 Å². The standard InChI is InChI=1S/C22H18F2N6O/c1-14(12-30-13-15(10-28-30)20-6-4-17(24)11-27-20)29-22(31)19-9-16(23)3-5-18(19)21-25-7-2-8-26-21/h2-11,13-14H,12H2,1H3,(H,29,31)/t14-/m0/s1. The van der Waals surface area contributed by atoms with E-state index in [-0.39, 0.29) is 11.6 Å². The van der Waals surface area contributed by atoms with Gasteiger partial charge < -0.3 is 5.32 Å². The number of nitrogens with one attached hydrogen (secondary N) is 1. The third kappa shape index (κ3) is 4.77. The van der Waals surface area contributed by atoms with E-state index >= 15 is 0 Å². The summed E-state index contributed by atoms with van der Waals surface area (Å²) in [5.41, 5.74) is 1.91. The van der Waals surface area contributed by atoms with Crippen LogP contribution in [0.2, 0.25) is 0 Å². The van der Waals surface area contributed by atoms with Crippen molar-refractivity contribution in [1.29, 1.82) is 0 Å². The maximum Gasteiger partial charge on any atom is 0.252 e. The Morgan fingerprint density at radius 2 is 1.84 bits per heavy atom. The Balaban J connectivity index is 1.47. The quantitative estimate of drug-likeness (QED) is 0.516. The van der Waals surface area contributed by atoms with E-state index in [9.17, 15) is 13.6 Å². The number of carbonyl (C=O) groups excluding carboxylic acids is 1. The summed E-state index contributed by atoms with van der Waals surface area (Å²) in [7, 11) is 0. The van der Waals surface area contributed by atoms with Crippen LogP contribution in [-0.2, 0) is 6.54 Å². The fraction of sp³-hybridized carbons (Fsp3) is 0.136. The van der Waals surface area contributed by atoms with Crippen LogP contribution < -0.4 is 5.32 Å². The van der Waals surface area contributed by atoms with Gasteiger partial charge >= 0.3 is 0 Å². The van der Waals surface area contributed by atoms with Crippen molar-refractivity contribution < 1.29 is 13.6 Å². The summed E-state index contributed by atoms with van der Waals surface area (Å²) in [4.78, 5) is 25.2. The summed E-state index contributed by atoms with van der Waals surface area (Å²) >= 11 is 0. The molecule has 0 spiro atoms. The monoisotopic (exact) mass is 420 g/mol. The van der Waals surface area contributed by atoms with Crippen LogP contribution in [0.25, 0.3) is 22.6 Å². The number of halogens is 2. The fourth-order valence-electron chi connectivity index (χ4n) is 3.11. The number of benzene rings is 1. The highest BCUT2D eigenvalue weighted by molar-refractivity contribution is 6.00. The Morgan fingerprint density at radius 1 is 1.06 bits per heavy atom. The summed E-state index contributed by atoms with van der Waals surface area (Å²) in [6.07, 6.45) is 7.63. The molecular weight excluding hydrogens is 402 g/mol. The maximum absolute atomic E-state index is 13.8. The zero-order chi connectivity index (χ0) is 21.8. The summed E-state index contributed by atoms with van der Waals surface area (Å²) in [5.74, 6) is -1.04. The smallest absolute Gasteiger partial charge is 0.252 e. The zero-order valence-corrected chi connectivity index (χ0v) is 16.5. The lowest BCUT2D eigenvalue weighted by atomic mass is 10.1. The van der Waals surface area contributed by atoms with Gasteiger partial charge in [0.05, 0.1) is 30.2 Å². The number of pyridine rings is 1. The highest BCUT2D eigenvalue weighted by Crippen LogP contribution is 2.21. The van der Waals surface area contributed by atoms with Gasteiger partial charge in [-0.2, -0.15) is 5.10 Å². The number of hydrogen-bond donors (Lipinski definition) is 1. The highest BCUT2D eigenvalue weighted by Gasteiger charge is 2.18. The molecule has 0 aliphatic carbocycles. The van der Waals surface area contributed by atoms with Crippen LogP contribution in [-0.4, -0.2) is 36.7 Å². The first-order chi connectivity index (χ1) is 15.0. The Kier molecular flexibility index (Phi) is 5.74. The van der Waals surface area contributed by atoms with E-state index in [0.29, 0.717) is 23.6 Å². The summed E-state index contributed by atoms with van der Waals surface area (Å²) < 4.78 is 28.5. The van der Waals surface area contributed by atoms with Crippen molar-refractivity contribution >= 4 is 5.91 Å². The Labute approximate surface area is 176 Å². The second kappa shape index (κ2) is 8.78. The van der Waals surface area contributed by atoms with Gasteiger partial charge in [-0.05, 0) is 43.3 Å². The lowest BCUT2D eigenvalue weighted by Gasteiger charge is -2.15. The van der Waals surface area contributed by atoms with E-state index in [1.165, 1.54) is 24.3 Å². The molecule has 31 heavy (non-hydrogen) atoms. The van der Waals surface area contributed by atoms with Gasteiger partial charge in [0.25, 0.3) is 5.91 Å². The van der Waals surface area contributed by atoms with E-state index in [1.807, 2.05) is 6.92 Å². The average molecular weight is 420 g/mol. The molecule has 3 aromatic heterocycles. The molecule has 0 aliphatic heterocycles. The molecule has 0 aliphatic rings. The first kappa shape index (κ1) is 20.3. The number of rotatable bonds is 6. The van der Waals surface area contributed by atoms with Crippen LogP contribution in [0.4, 0.5) is 8.78 Å². The molecule has 0 unspecified atom stereocenters. The van der Waals surface area contributed by atoms with E-state index in [2.05, 4.69) is 25.4 Å². The summed E-state index contributed by atoms with van der Waals surface area (Å²) in [6.45, 7) is 2.19. The second-order valence-electron chi connectivity index (χ2n) is 6.95. The molecule has 3 heterocycles. The molecule has 1 amide bonds. The second-order valence-corrected chi connectivity index (χ2v) is 6.95. The molecule has 0 radical (unpaired) electrons. The molecule has 4 aromatic rings. The molecule has 0 fully saturated rings. The number of amides is 1. The van der Waals surface area contributed by atoms with Crippen molar-refractivity contribution in [3.8, 4) is 22.6 Å². The first-order valence-corrected chi connectivity index (χ1v) is 9.52. The molecule has 9 heteroatoms. The molecule has 4 rings (SSSR count). The molecule has 0 saturated heterocycles. The third-order valence-electron chi connectivity index (χ3n) is 4.53. The minimum Gasteiger partial charge on any atom is -0.348 e. The number of carbonyl (C=O) groups is 1. The van der Waals surface area contributed by atoms with Crippen LogP contribution in [0.5, 0.6) is 0 Å². The van der Waals surface area contributed by atoms with Gasteiger partial charge in [0.15, 0.2) is 5.82 Å². The molecule has 7 nitrogen and oxygen atoms in total. The van der Waals surface area contributed by atoms with Gasteiger partial charge in [-0.15, -0.1) is 0 Å². The van der Waals surface area contributed by atoms with Crippen LogP contribution in [0.15, 0.2) is 67.4 Å². The van der Waals surface area contributed by atoms with Crippen molar-refractivity contribution in [3.63, 3.8) is 0 Å². The van der Waals surface area contributed by atoms with Crippen LogP contribution in [0.3, 0.4) is 0 Å². The number of nitrogens with zero attached hydrogens (tertiary/aromatic N) is 5. The highest BCUT2D eigenvalue weighted by atomic mass is 19.1. The molecule has 1 atom stereocenters. The van der Waals surface area contributed by atoms with Crippen molar-refractivity contribution in [1.82, 2.24) is 30.0 Å². The maximum atomic E-state index is 13.8. The summed E-state index contributed by atoms with van der Waals surface area (Å²) in [6, 6.07) is 8.16. The summed E-state index contributed by atoms with van der Waals surface area (Å²) in [5, 5.41) is 7.12. The van der Waals surface area contributed by atoms with Gasteiger partial charge in [0.2, 0.25) is 0 Å². The van der Waals surface area contributed by atoms with Gasteiger partial charge in [-0.25, -0.2) is 18.7 Å². The van der Waals surface area contributed by atoms with E-state index in [4.69, 9.17) is 0 Å². The van der Waals surface area contributed by atoms with E-state index in [0.717, 1.165) is 11.8 Å². The molecule has 1 N–H and O–H groups in total. The predicted molar refractivity (Wildman–Crippen MR) is 110 cm³/mol. The SMILES string of the molecule is C[C@@H](Cn1cc(-c2ccc(F)cn2)cn1)NC(=O)c1cc(F)ccc1-c1ncccn1.